The maximum atomic E-state index is 11.7. The summed E-state index contributed by atoms with van der Waals surface area (Å²) >= 11 is 0. The Labute approximate surface area is 128 Å². The summed E-state index contributed by atoms with van der Waals surface area (Å²) in [6.45, 7) is 5.11. The number of hydrogen-bond donors (Lipinski definition) is 3. The molecule has 1 aromatic rings. The van der Waals surface area contributed by atoms with Crippen LogP contribution in [0.5, 0.6) is 11.5 Å². The lowest BCUT2D eigenvalue weighted by Gasteiger charge is -2.24. The summed E-state index contributed by atoms with van der Waals surface area (Å²) in [6, 6.07) is 4.91. The molecule has 0 aliphatic carbocycles. The van der Waals surface area contributed by atoms with Gasteiger partial charge in [-0.25, -0.2) is 0 Å². The van der Waals surface area contributed by atoms with Crippen LogP contribution < -0.4 is 20.1 Å². The molecule has 22 heavy (non-hydrogen) atoms. The van der Waals surface area contributed by atoms with Crippen molar-refractivity contribution in [3.63, 3.8) is 0 Å². The van der Waals surface area contributed by atoms with Gasteiger partial charge in [0, 0.05) is 6.04 Å². The summed E-state index contributed by atoms with van der Waals surface area (Å²) in [5.74, 6) is -0.354. The van der Waals surface area contributed by atoms with Gasteiger partial charge in [-0.2, -0.15) is 0 Å². The third-order valence-electron chi connectivity index (χ3n) is 3.21. The third-order valence-corrected chi connectivity index (χ3v) is 3.21. The molecule has 0 bridgehead atoms. The van der Waals surface area contributed by atoms with Crippen LogP contribution in [-0.4, -0.2) is 36.3 Å². The maximum absolute atomic E-state index is 11.7. The van der Waals surface area contributed by atoms with Crippen molar-refractivity contribution in [2.24, 2.45) is 0 Å². The minimum atomic E-state index is -1.34. The van der Waals surface area contributed by atoms with Crippen molar-refractivity contribution in [1.82, 2.24) is 10.6 Å². The van der Waals surface area contributed by atoms with Crippen molar-refractivity contribution in [3.8, 4) is 11.5 Å². The van der Waals surface area contributed by atoms with E-state index in [0.29, 0.717) is 17.1 Å². The number of amides is 2. The van der Waals surface area contributed by atoms with Crippen LogP contribution in [0, 0.1) is 0 Å². The first kappa shape index (κ1) is 16.1. The van der Waals surface area contributed by atoms with Crippen LogP contribution >= 0.6 is 0 Å². The standard InChI is InChI=1S/C15H20N2O5/c1-9(2)17-14(19)13(18)16-7-15(3,20)10-4-5-11-12(6-10)22-8-21-11/h4-6,9,20H,7-8H2,1-3H3,(H,16,18)(H,17,19). The lowest BCUT2D eigenvalue weighted by molar-refractivity contribution is -0.140. The van der Waals surface area contributed by atoms with Gasteiger partial charge in [0.15, 0.2) is 11.5 Å². The smallest absolute Gasteiger partial charge is 0.309 e. The number of nitrogens with one attached hydrogen (secondary N) is 2. The van der Waals surface area contributed by atoms with Crippen molar-refractivity contribution in [2.75, 3.05) is 13.3 Å². The van der Waals surface area contributed by atoms with Crippen LogP contribution in [0.15, 0.2) is 18.2 Å². The van der Waals surface area contributed by atoms with E-state index in [1.54, 1.807) is 39.0 Å². The van der Waals surface area contributed by atoms with E-state index in [-0.39, 0.29) is 19.4 Å². The monoisotopic (exact) mass is 308 g/mol. The van der Waals surface area contributed by atoms with Gasteiger partial charge in [0.1, 0.15) is 5.60 Å². The average Bonchev–Trinajstić information content (AvgIpc) is 2.91. The van der Waals surface area contributed by atoms with E-state index in [9.17, 15) is 14.7 Å². The van der Waals surface area contributed by atoms with Crippen LogP contribution in [0.2, 0.25) is 0 Å². The fourth-order valence-electron chi connectivity index (χ4n) is 1.99. The number of hydrogen-bond acceptors (Lipinski definition) is 5. The van der Waals surface area contributed by atoms with Gasteiger partial charge in [-0.1, -0.05) is 6.07 Å². The Morgan fingerprint density at radius 1 is 1.27 bits per heavy atom. The fourth-order valence-corrected chi connectivity index (χ4v) is 1.99. The summed E-state index contributed by atoms with van der Waals surface area (Å²) in [4.78, 5) is 23.2. The SMILES string of the molecule is CC(C)NC(=O)C(=O)NCC(C)(O)c1ccc2c(c1)OCO2. The first-order valence-corrected chi connectivity index (χ1v) is 7.01. The van der Waals surface area contributed by atoms with Crippen molar-refractivity contribution < 1.29 is 24.2 Å². The number of ether oxygens (including phenoxy) is 2. The van der Waals surface area contributed by atoms with Gasteiger partial charge in [-0.15, -0.1) is 0 Å². The predicted molar refractivity (Wildman–Crippen MR) is 78.4 cm³/mol. The number of fused-ring (bicyclic) bond motifs is 1. The Morgan fingerprint density at radius 2 is 1.95 bits per heavy atom. The molecular formula is C15H20N2O5. The maximum Gasteiger partial charge on any atom is 0.309 e. The van der Waals surface area contributed by atoms with Gasteiger partial charge >= 0.3 is 11.8 Å². The second-order valence-electron chi connectivity index (χ2n) is 5.65. The molecule has 2 amide bonds. The highest BCUT2D eigenvalue weighted by Crippen LogP contribution is 2.35. The molecule has 0 saturated carbocycles. The molecule has 2 rings (SSSR count). The van der Waals surface area contributed by atoms with Crippen molar-refractivity contribution >= 4 is 11.8 Å². The molecule has 1 unspecified atom stereocenters. The van der Waals surface area contributed by atoms with E-state index in [2.05, 4.69) is 10.6 Å². The molecule has 0 radical (unpaired) electrons. The Balaban J connectivity index is 1.99. The first-order chi connectivity index (χ1) is 10.3. The summed E-state index contributed by atoms with van der Waals surface area (Å²) in [5.41, 5.74) is -0.782. The molecule has 0 aromatic heterocycles. The van der Waals surface area contributed by atoms with Gasteiger partial charge in [0.2, 0.25) is 6.79 Å². The van der Waals surface area contributed by atoms with Crippen molar-refractivity contribution in [2.45, 2.75) is 32.4 Å². The normalized spacial score (nSPS) is 15.3. The average molecular weight is 308 g/mol. The van der Waals surface area contributed by atoms with Gasteiger partial charge in [0.05, 0.1) is 6.54 Å². The molecule has 1 aliphatic rings. The van der Waals surface area contributed by atoms with E-state index < -0.39 is 17.4 Å². The number of rotatable bonds is 4. The Morgan fingerprint density at radius 3 is 2.64 bits per heavy atom. The molecule has 120 valence electrons. The number of carbonyl (C=O) groups excluding carboxylic acids is 2. The minimum absolute atomic E-state index is 0.100. The minimum Gasteiger partial charge on any atom is -0.454 e. The first-order valence-electron chi connectivity index (χ1n) is 7.01. The molecule has 0 fully saturated rings. The zero-order chi connectivity index (χ0) is 16.3. The lowest BCUT2D eigenvalue weighted by atomic mass is 9.95. The second-order valence-corrected chi connectivity index (χ2v) is 5.65. The van der Waals surface area contributed by atoms with Crippen LogP contribution in [0.1, 0.15) is 26.3 Å². The number of carbonyl (C=O) groups is 2. The molecule has 7 nitrogen and oxygen atoms in total. The summed E-state index contributed by atoms with van der Waals surface area (Å²) in [7, 11) is 0. The largest absolute Gasteiger partial charge is 0.454 e. The van der Waals surface area contributed by atoms with Crippen LogP contribution in [0.3, 0.4) is 0 Å². The molecule has 0 saturated heterocycles. The third kappa shape index (κ3) is 3.67. The number of aliphatic hydroxyl groups is 1. The molecule has 1 heterocycles. The summed E-state index contributed by atoms with van der Waals surface area (Å²) in [6.07, 6.45) is 0. The predicted octanol–water partition coefficient (Wildman–Crippen LogP) is 0.264. The van der Waals surface area contributed by atoms with E-state index in [1.807, 2.05) is 0 Å². The Kier molecular flexibility index (Phi) is 4.56. The molecule has 1 aromatic carbocycles. The Bertz CT molecular complexity index is 583. The highest BCUT2D eigenvalue weighted by Gasteiger charge is 2.27. The van der Waals surface area contributed by atoms with Gasteiger partial charge < -0.3 is 25.2 Å². The molecule has 1 atom stereocenters. The Hall–Kier alpha value is -2.28. The van der Waals surface area contributed by atoms with Crippen LogP contribution in [0.4, 0.5) is 0 Å². The molecule has 7 heteroatoms. The lowest BCUT2D eigenvalue weighted by Crippen LogP contribution is -2.46. The van der Waals surface area contributed by atoms with E-state index in [4.69, 9.17) is 9.47 Å². The fraction of sp³-hybridized carbons (Fsp3) is 0.467. The zero-order valence-corrected chi connectivity index (χ0v) is 12.8. The zero-order valence-electron chi connectivity index (χ0n) is 12.8. The second kappa shape index (κ2) is 6.23. The molecular weight excluding hydrogens is 288 g/mol. The van der Waals surface area contributed by atoms with E-state index in [1.165, 1.54) is 0 Å². The number of benzene rings is 1. The topological polar surface area (TPSA) is 96.9 Å². The van der Waals surface area contributed by atoms with Crippen LogP contribution in [0.25, 0.3) is 0 Å². The summed E-state index contributed by atoms with van der Waals surface area (Å²) < 4.78 is 10.5. The molecule has 3 N–H and O–H groups in total. The van der Waals surface area contributed by atoms with Gasteiger partial charge in [0.25, 0.3) is 0 Å². The van der Waals surface area contributed by atoms with Gasteiger partial charge in [-0.3, -0.25) is 9.59 Å². The van der Waals surface area contributed by atoms with E-state index in [0.717, 1.165) is 0 Å². The van der Waals surface area contributed by atoms with Gasteiger partial charge in [-0.05, 0) is 38.5 Å². The van der Waals surface area contributed by atoms with E-state index >= 15 is 0 Å². The molecule has 1 aliphatic heterocycles. The quantitative estimate of drug-likeness (QED) is 0.694. The highest BCUT2D eigenvalue weighted by molar-refractivity contribution is 6.35. The van der Waals surface area contributed by atoms with Crippen molar-refractivity contribution in [1.29, 1.82) is 0 Å². The molecule has 0 spiro atoms. The summed E-state index contributed by atoms with van der Waals surface area (Å²) in [5, 5.41) is 15.4. The van der Waals surface area contributed by atoms with Crippen LogP contribution in [-0.2, 0) is 15.2 Å². The highest BCUT2D eigenvalue weighted by atomic mass is 16.7. The van der Waals surface area contributed by atoms with Crippen molar-refractivity contribution in [3.05, 3.63) is 23.8 Å².